The maximum atomic E-state index is 12.4. The molecule has 1 aromatic rings. The van der Waals surface area contributed by atoms with Crippen molar-refractivity contribution in [2.24, 2.45) is 0 Å². The maximum Gasteiger partial charge on any atom is 0.239 e. The first-order valence-corrected chi connectivity index (χ1v) is 7.40. The molecule has 1 aromatic carbocycles. The highest BCUT2D eigenvalue weighted by atomic mass is 35.5. The lowest BCUT2D eigenvalue weighted by molar-refractivity contribution is -0.136. The molecule has 110 valence electrons. The Hall–Kier alpha value is -1.10. The van der Waals surface area contributed by atoms with Crippen LogP contribution in [-0.4, -0.2) is 55.0 Å². The van der Waals surface area contributed by atoms with E-state index in [1.807, 2.05) is 43.1 Å². The Morgan fingerprint density at radius 1 is 1.45 bits per heavy atom. The van der Waals surface area contributed by atoms with Crippen LogP contribution in [0.1, 0.15) is 12.5 Å². The molecule has 0 radical (unpaired) electrons. The summed E-state index contributed by atoms with van der Waals surface area (Å²) in [4.78, 5) is 16.4. The van der Waals surface area contributed by atoms with Crippen molar-refractivity contribution >= 4 is 17.5 Å². The summed E-state index contributed by atoms with van der Waals surface area (Å²) in [6.45, 7) is 6.06. The molecule has 1 fully saturated rings. The molecule has 2 rings (SSSR count). The van der Waals surface area contributed by atoms with Crippen molar-refractivity contribution in [3.8, 4) is 0 Å². The molecule has 1 aliphatic heterocycles. The van der Waals surface area contributed by atoms with Gasteiger partial charge in [-0.3, -0.25) is 9.69 Å². The van der Waals surface area contributed by atoms with Crippen molar-refractivity contribution < 1.29 is 4.79 Å². The molecule has 0 aliphatic carbocycles. The topological polar surface area (TPSA) is 35.6 Å². The Labute approximate surface area is 125 Å². The van der Waals surface area contributed by atoms with E-state index in [4.69, 9.17) is 11.6 Å². The number of benzene rings is 1. The van der Waals surface area contributed by atoms with E-state index < -0.39 is 0 Å². The first-order chi connectivity index (χ1) is 9.58. The second kappa shape index (κ2) is 7.07. The number of rotatable bonds is 4. The SMILES string of the molecule is CC(C(=O)N1CCNCC1)N(C)Cc1cccc(Cl)c1. The summed E-state index contributed by atoms with van der Waals surface area (Å²) in [5, 5.41) is 3.99. The standard InChI is InChI=1S/C15H22ClN3O/c1-12(15(20)19-8-6-17-7-9-19)18(2)11-13-4-3-5-14(16)10-13/h3-5,10,12,17H,6-9,11H2,1-2H3. The van der Waals surface area contributed by atoms with Gasteiger partial charge in [0, 0.05) is 37.7 Å². The van der Waals surface area contributed by atoms with Crippen LogP contribution in [0.2, 0.25) is 5.02 Å². The summed E-state index contributed by atoms with van der Waals surface area (Å²) in [5.41, 5.74) is 1.12. The zero-order valence-electron chi connectivity index (χ0n) is 12.1. The fraction of sp³-hybridized carbons (Fsp3) is 0.533. The molecular formula is C15H22ClN3O. The number of carbonyl (C=O) groups is 1. The Balaban J connectivity index is 1.93. The van der Waals surface area contributed by atoms with Crippen LogP contribution in [0.4, 0.5) is 0 Å². The van der Waals surface area contributed by atoms with Crippen LogP contribution in [0.25, 0.3) is 0 Å². The molecular weight excluding hydrogens is 274 g/mol. The minimum atomic E-state index is -0.118. The first kappa shape index (κ1) is 15.3. The number of halogens is 1. The zero-order chi connectivity index (χ0) is 14.5. The minimum Gasteiger partial charge on any atom is -0.339 e. The number of hydrogen-bond donors (Lipinski definition) is 1. The van der Waals surface area contributed by atoms with Gasteiger partial charge in [-0.1, -0.05) is 23.7 Å². The maximum absolute atomic E-state index is 12.4. The molecule has 1 N–H and O–H groups in total. The van der Waals surface area contributed by atoms with E-state index in [0.717, 1.165) is 43.3 Å². The van der Waals surface area contributed by atoms with Gasteiger partial charge in [0.1, 0.15) is 0 Å². The van der Waals surface area contributed by atoms with Gasteiger partial charge in [0.05, 0.1) is 6.04 Å². The van der Waals surface area contributed by atoms with E-state index in [1.165, 1.54) is 0 Å². The molecule has 4 nitrogen and oxygen atoms in total. The van der Waals surface area contributed by atoms with Gasteiger partial charge < -0.3 is 10.2 Å². The summed E-state index contributed by atoms with van der Waals surface area (Å²) in [5.74, 6) is 0.205. The number of nitrogens with zero attached hydrogens (tertiary/aromatic N) is 2. The third-order valence-corrected chi connectivity index (χ3v) is 4.00. The fourth-order valence-electron chi connectivity index (χ4n) is 2.40. The van der Waals surface area contributed by atoms with Crippen LogP contribution in [0.15, 0.2) is 24.3 Å². The largest absolute Gasteiger partial charge is 0.339 e. The Morgan fingerprint density at radius 2 is 2.15 bits per heavy atom. The molecule has 0 saturated carbocycles. The summed E-state index contributed by atoms with van der Waals surface area (Å²) >= 11 is 5.99. The van der Waals surface area contributed by atoms with Gasteiger partial charge in [0.25, 0.3) is 0 Å². The van der Waals surface area contributed by atoms with Gasteiger partial charge >= 0.3 is 0 Å². The van der Waals surface area contributed by atoms with Crippen LogP contribution < -0.4 is 5.32 Å². The molecule has 1 aliphatic rings. The molecule has 1 heterocycles. The van der Waals surface area contributed by atoms with Gasteiger partial charge in [0.2, 0.25) is 5.91 Å². The summed E-state index contributed by atoms with van der Waals surface area (Å²) in [6, 6.07) is 7.66. The van der Waals surface area contributed by atoms with E-state index >= 15 is 0 Å². The number of amides is 1. The predicted octanol–water partition coefficient (Wildman–Crippen LogP) is 1.59. The van der Waals surface area contributed by atoms with Gasteiger partial charge in [-0.15, -0.1) is 0 Å². The number of likely N-dealkylation sites (N-methyl/N-ethyl adjacent to an activating group) is 1. The van der Waals surface area contributed by atoms with Crippen LogP contribution in [0, 0.1) is 0 Å². The highest BCUT2D eigenvalue weighted by Crippen LogP contribution is 2.14. The molecule has 0 aromatic heterocycles. The van der Waals surface area contributed by atoms with Gasteiger partial charge in [-0.05, 0) is 31.7 Å². The van der Waals surface area contributed by atoms with Crippen molar-refractivity contribution in [3.05, 3.63) is 34.9 Å². The molecule has 0 bridgehead atoms. The molecule has 1 unspecified atom stereocenters. The lowest BCUT2D eigenvalue weighted by atomic mass is 10.1. The third kappa shape index (κ3) is 3.95. The highest BCUT2D eigenvalue weighted by molar-refractivity contribution is 6.30. The monoisotopic (exact) mass is 295 g/mol. The molecule has 1 saturated heterocycles. The van der Waals surface area contributed by atoms with Crippen LogP contribution in [0.5, 0.6) is 0 Å². The zero-order valence-corrected chi connectivity index (χ0v) is 12.9. The van der Waals surface area contributed by atoms with E-state index in [1.54, 1.807) is 0 Å². The lowest BCUT2D eigenvalue weighted by Crippen LogP contribution is -2.52. The Morgan fingerprint density at radius 3 is 2.80 bits per heavy atom. The van der Waals surface area contributed by atoms with Crippen molar-refractivity contribution in [1.29, 1.82) is 0 Å². The van der Waals surface area contributed by atoms with Crippen LogP contribution >= 0.6 is 11.6 Å². The summed E-state index contributed by atoms with van der Waals surface area (Å²) < 4.78 is 0. The highest BCUT2D eigenvalue weighted by Gasteiger charge is 2.24. The molecule has 5 heteroatoms. The average Bonchev–Trinajstić information content (AvgIpc) is 2.46. The van der Waals surface area contributed by atoms with Gasteiger partial charge in [-0.2, -0.15) is 0 Å². The second-order valence-corrected chi connectivity index (χ2v) is 5.73. The Kier molecular flexibility index (Phi) is 5.40. The molecule has 1 amide bonds. The molecule has 1 atom stereocenters. The van der Waals surface area contributed by atoms with Crippen molar-refractivity contribution in [2.75, 3.05) is 33.2 Å². The number of piperazine rings is 1. The minimum absolute atomic E-state index is 0.118. The van der Waals surface area contributed by atoms with E-state index in [0.29, 0.717) is 0 Å². The second-order valence-electron chi connectivity index (χ2n) is 5.30. The van der Waals surface area contributed by atoms with Gasteiger partial charge in [-0.25, -0.2) is 0 Å². The summed E-state index contributed by atoms with van der Waals surface area (Å²) in [6.07, 6.45) is 0. The normalized spacial score (nSPS) is 17.3. The number of hydrogen-bond acceptors (Lipinski definition) is 3. The van der Waals surface area contributed by atoms with Gasteiger partial charge in [0.15, 0.2) is 0 Å². The molecule has 20 heavy (non-hydrogen) atoms. The smallest absolute Gasteiger partial charge is 0.239 e. The average molecular weight is 296 g/mol. The van der Waals surface area contributed by atoms with Crippen molar-refractivity contribution in [3.63, 3.8) is 0 Å². The van der Waals surface area contributed by atoms with E-state index in [2.05, 4.69) is 10.2 Å². The van der Waals surface area contributed by atoms with Crippen molar-refractivity contribution in [1.82, 2.24) is 15.1 Å². The fourth-order valence-corrected chi connectivity index (χ4v) is 2.61. The Bertz CT molecular complexity index is 460. The first-order valence-electron chi connectivity index (χ1n) is 7.02. The summed E-state index contributed by atoms with van der Waals surface area (Å²) in [7, 11) is 1.98. The quantitative estimate of drug-likeness (QED) is 0.916. The lowest BCUT2D eigenvalue weighted by Gasteiger charge is -2.33. The number of carbonyl (C=O) groups excluding carboxylic acids is 1. The molecule has 0 spiro atoms. The van der Waals surface area contributed by atoms with E-state index in [-0.39, 0.29) is 11.9 Å². The van der Waals surface area contributed by atoms with Crippen LogP contribution in [-0.2, 0) is 11.3 Å². The van der Waals surface area contributed by atoms with Crippen LogP contribution in [0.3, 0.4) is 0 Å². The van der Waals surface area contributed by atoms with Crippen molar-refractivity contribution in [2.45, 2.75) is 19.5 Å². The number of nitrogens with one attached hydrogen (secondary N) is 1. The van der Waals surface area contributed by atoms with E-state index in [9.17, 15) is 4.79 Å². The predicted molar refractivity (Wildman–Crippen MR) is 81.8 cm³/mol. The third-order valence-electron chi connectivity index (χ3n) is 3.77.